The third-order valence-corrected chi connectivity index (χ3v) is 4.91. The highest BCUT2D eigenvalue weighted by Crippen LogP contribution is 2.25. The SMILES string of the molecule is Cc1cccc(-n2nc(-c3ccccc3)cc2NC(=O)CCC(=O)NCc2ccco2)c1. The number of furan rings is 1. The normalized spacial score (nSPS) is 10.7. The second-order valence-corrected chi connectivity index (χ2v) is 7.44. The third kappa shape index (κ3) is 5.31. The van der Waals surface area contributed by atoms with Crippen LogP contribution in [0.4, 0.5) is 5.82 Å². The molecule has 0 atom stereocenters. The maximum atomic E-state index is 12.6. The minimum atomic E-state index is -0.258. The Balaban J connectivity index is 1.46. The summed E-state index contributed by atoms with van der Waals surface area (Å²) >= 11 is 0. The van der Waals surface area contributed by atoms with Gasteiger partial charge in [0.25, 0.3) is 0 Å². The number of hydrogen-bond donors (Lipinski definition) is 2. The van der Waals surface area contributed by atoms with Crippen molar-refractivity contribution in [3.63, 3.8) is 0 Å². The second kappa shape index (κ2) is 9.78. The summed E-state index contributed by atoms with van der Waals surface area (Å²) in [6.45, 7) is 2.30. The Morgan fingerprint density at radius 2 is 1.75 bits per heavy atom. The number of amides is 2. The highest BCUT2D eigenvalue weighted by atomic mass is 16.3. The number of carbonyl (C=O) groups excluding carboxylic acids is 2. The van der Waals surface area contributed by atoms with Gasteiger partial charge in [-0.2, -0.15) is 5.10 Å². The van der Waals surface area contributed by atoms with Crippen LogP contribution in [0.2, 0.25) is 0 Å². The molecule has 0 saturated heterocycles. The predicted molar refractivity (Wildman–Crippen MR) is 122 cm³/mol. The van der Waals surface area contributed by atoms with E-state index >= 15 is 0 Å². The lowest BCUT2D eigenvalue weighted by Crippen LogP contribution is -2.24. The molecule has 2 aromatic carbocycles. The van der Waals surface area contributed by atoms with E-state index in [-0.39, 0.29) is 24.7 Å². The van der Waals surface area contributed by atoms with Gasteiger partial charge in [0.1, 0.15) is 11.6 Å². The van der Waals surface area contributed by atoms with Gasteiger partial charge in [-0.15, -0.1) is 0 Å². The molecule has 0 radical (unpaired) electrons. The quantitative estimate of drug-likeness (QED) is 0.433. The zero-order valence-corrected chi connectivity index (χ0v) is 17.7. The van der Waals surface area contributed by atoms with Crippen molar-refractivity contribution in [1.82, 2.24) is 15.1 Å². The van der Waals surface area contributed by atoms with Crippen LogP contribution < -0.4 is 10.6 Å². The van der Waals surface area contributed by atoms with Gasteiger partial charge in [-0.25, -0.2) is 4.68 Å². The minimum absolute atomic E-state index is 0.0592. The number of aromatic nitrogens is 2. The van der Waals surface area contributed by atoms with Gasteiger partial charge >= 0.3 is 0 Å². The van der Waals surface area contributed by atoms with Crippen LogP contribution in [0.5, 0.6) is 0 Å². The van der Waals surface area contributed by atoms with Gasteiger partial charge in [0.15, 0.2) is 0 Å². The van der Waals surface area contributed by atoms with E-state index < -0.39 is 0 Å². The van der Waals surface area contributed by atoms with Gasteiger partial charge in [0.2, 0.25) is 11.8 Å². The van der Waals surface area contributed by atoms with Gasteiger partial charge in [-0.05, 0) is 36.8 Å². The van der Waals surface area contributed by atoms with E-state index in [0.717, 1.165) is 22.5 Å². The molecule has 7 heteroatoms. The summed E-state index contributed by atoms with van der Waals surface area (Å²) in [4.78, 5) is 24.7. The number of aryl methyl sites for hydroxylation is 1. The molecule has 0 fully saturated rings. The highest BCUT2D eigenvalue weighted by molar-refractivity contribution is 5.93. The first-order chi connectivity index (χ1) is 15.6. The molecule has 7 nitrogen and oxygen atoms in total. The van der Waals surface area contributed by atoms with Crippen LogP contribution in [-0.4, -0.2) is 21.6 Å². The number of hydrogen-bond acceptors (Lipinski definition) is 4. The molecule has 162 valence electrons. The van der Waals surface area contributed by atoms with Crippen LogP contribution in [0.3, 0.4) is 0 Å². The lowest BCUT2D eigenvalue weighted by Gasteiger charge is -2.09. The average molecular weight is 428 g/mol. The van der Waals surface area contributed by atoms with E-state index in [0.29, 0.717) is 18.1 Å². The summed E-state index contributed by atoms with van der Waals surface area (Å²) in [5.41, 5.74) is 3.63. The summed E-state index contributed by atoms with van der Waals surface area (Å²) in [7, 11) is 0. The third-order valence-electron chi connectivity index (χ3n) is 4.91. The van der Waals surface area contributed by atoms with Crippen LogP contribution in [0.1, 0.15) is 24.2 Å². The Hall–Kier alpha value is -4.13. The van der Waals surface area contributed by atoms with Gasteiger partial charge in [0.05, 0.1) is 24.2 Å². The molecule has 2 N–H and O–H groups in total. The van der Waals surface area contributed by atoms with Gasteiger partial charge in [-0.1, -0.05) is 42.5 Å². The number of nitrogens with zero attached hydrogens (tertiary/aromatic N) is 2. The lowest BCUT2D eigenvalue weighted by atomic mass is 10.1. The van der Waals surface area contributed by atoms with Crippen molar-refractivity contribution in [2.45, 2.75) is 26.3 Å². The second-order valence-electron chi connectivity index (χ2n) is 7.44. The molecule has 4 aromatic rings. The first-order valence-corrected chi connectivity index (χ1v) is 10.4. The minimum Gasteiger partial charge on any atom is -0.467 e. The molecule has 0 saturated carbocycles. The standard InChI is InChI=1S/C25H24N4O3/c1-18-7-5-10-20(15-18)29-23(16-22(28-29)19-8-3-2-4-9-19)27-25(31)13-12-24(30)26-17-21-11-6-14-32-21/h2-11,14-16H,12-13,17H2,1H3,(H,26,30)(H,27,31). The Bertz CT molecular complexity index is 1200. The molecule has 0 aliphatic rings. The topological polar surface area (TPSA) is 89.2 Å². The zero-order chi connectivity index (χ0) is 22.3. The van der Waals surface area contributed by atoms with Crippen LogP contribution in [-0.2, 0) is 16.1 Å². The number of nitrogens with one attached hydrogen (secondary N) is 2. The van der Waals surface area contributed by atoms with E-state index in [4.69, 9.17) is 9.52 Å². The molecular formula is C25H24N4O3. The van der Waals surface area contributed by atoms with E-state index in [1.54, 1.807) is 23.1 Å². The summed E-state index contributed by atoms with van der Waals surface area (Å²) in [5, 5.41) is 10.4. The molecule has 2 heterocycles. The summed E-state index contributed by atoms with van der Waals surface area (Å²) in [6, 6.07) is 23.0. The molecule has 0 spiro atoms. The van der Waals surface area contributed by atoms with Crippen molar-refractivity contribution in [1.29, 1.82) is 0 Å². The Morgan fingerprint density at radius 1 is 0.938 bits per heavy atom. The summed E-state index contributed by atoms with van der Waals surface area (Å²) in [5.74, 6) is 0.744. The van der Waals surface area contributed by atoms with Gasteiger partial charge in [-0.3, -0.25) is 9.59 Å². The van der Waals surface area contributed by atoms with Crippen LogP contribution >= 0.6 is 0 Å². The van der Waals surface area contributed by atoms with Gasteiger partial charge < -0.3 is 15.1 Å². The van der Waals surface area contributed by atoms with Crippen LogP contribution in [0.15, 0.2) is 83.5 Å². The predicted octanol–water partition coefficient (Wildman–Crippen LogP) is 4.48. The first-order valence-electron chi connectivity index (χ1n) is 10.4. The fourth-order valence-corrected chi connectivity index (χ4v) is 3.30. The van der Waals surface area contributed by atoms with Crippen LogP contribution in [0.25, 0.3) is 16.9 Å². The van der Waals surface area contributed by atoms with Crippen molar-refractivity contribution in [3.05, 3.63) is 90.4 Å². The van der Waals surface area contributed by atoms with E-state index in [2.05, 4.69) is 10.6 Å². The largest absolute Gasteiger partial charge is 0.467 e. The van der Waals surface area contributed by atoms with E-state index in [9.17, 15) is 9.59 Å². The summed E-state index contributed by atoms with van der Waals surface area (Å²) in [6.07, 6.45) is 1.69. The molecular weight excluding hydrogens is 404 g/mol. The average Bonchev–Trinajstić information content (AvgIpc) is 3.47. The van der Waals surface area contributed by atoms with Crippen molar-refractivity contribution in [3.8, 4) is 16.9 Å². The highest BCUT2D eigenvalue weighted by Gasteiger charge is 2.15. The maximum absolute atomic E-state index is 12.6. The smallest absolute Gasteiger partial charge is 0.226 e. The number of carbonyl (C=O) groups is 2. The van der Waals surface area contributed by atoms with Crippen LogP contribution in [0, 0.1) is 6.92 Å². The van der Waals surface area contributed by atoms with Crippen molar-refractivity contribution < 1.29 is 14.0 Å². The molecule has 0 aliphatic heterocycles. The maximum Gasteiger partial charge on any atom is 0.226 e. The van der Waals surface area contributed by atoms with E-state index in [1.165, 1.54) is 0 Å². The fourth-order valence-electron chi connectivity index (χ4n) is 3.30. The number of rotatable bonds is 8. The lowest BCUT2D eigenvalue weighted by molar-refractivity contribution is -0.124. The summed E-state index contributed by atoms with van der Waals surface area (Å²) < 4.78 is 6.90. The first kappa shape index (κ1) is 21.1. The molecule has 0 bridgehead atoms. The molecule has 2 aromatic heterocycles. The molecule has 0 aliphatic carbocycles. The van der Waals surface area contributed by atoms with Gasteiger partial charge in [0, 0.05) is 24.5 Å². The van der Waals surface area contributed by atoms with E-state index in [1.807, 2.05) is 67.6 Å². The Labute approximate surface area is 186 Å². The molecule has 0 unspecified atom stereocenters. The monoisotopic (exact) mass is 428 g/mol. The number of anilines is 1. The molecule has 4 rings (SSSR count). The zero-order valence-electron chi connectivity index (χ0n) is 17.7. The van der Waals surface area contributed by atoms with Crippen molar-refractivity contribution in [2.75, 3.05) is 5.32 Å². The fraction of sp³-hybridized carbons (Fsp3) is 0.160. The molecule has 32 heavy (non-hydrogen) atoms. The number of benzene rings is 2. The molecule has 2 amide bonds. The Morgan fingerprint density at radius 3 is 2.50 bits per heavy atom. The Kier molecular flexibility index (Phi) is 6.46. The van der Waals surface area contributed by atoms with Crippen molar-refractivity contribution in [2.24, 2.45) is 0 Å². The van der Waals surface area contributed by atoms with Crippen molar-refractivity contribution >= 4 is 17.6 Å².